The Morgan fingerprint density at radius 2 is 1.26 bits per heavy atom. The van der Waals surface area contributed by atoms with Gasteiger partial charge in [-0.05, 0) is 41.5 Å². The molecule has 3 aromatic carbocycles. The molecule has 2 heteroatoms. The summed E-state index contributed by atoms with van der Waals surface area (Å²) < 4.78 is 0. The van der Waals surface area contributed by atoms with Crippen LogP contribution in [-0.4, -0.2) is 12.2 Å². The molecule has 112 valence electrons. The Labute approximate surface area is 135 Å². The molecular formula is C21H17NO. The van der Waals surface area contributed by atoms with Crippen molar-refractivity contribution in [2.24, 2.45) is 0 Å². The Morgan fingerprint density at radius 1 is 0.739 bits per heavy atom. The first-order valence-electron chi connectivity index (χ1n) is 7.67. The SMILES string of the molecule is CN1c2ccccc2C(=Cc2ccc(O)cc2)c2ccccc21. The highest BCUT2D eigenvalue weighted by Crippen LogP contribution is 2.44. The van der Waals surface area contributed by atoms with E-state index in [4.69, 9.17) is 0 Å². The number of nitrogens with zero attached hydrogens (tertiary/aromatic N) is 1. The summed E-state index contributed by atoms with van der Waals surface area (Å²) in [4.78, 5) is 2.23. The van der Waals surface area contributed by atoms with Crippen LogP contribution in [0.25, 0.3) is 11.6 Å². The average molecular weight is 299 g/mol. The fourth-order valence-electron chi connectivity index (χ4n) is 3.16. The standard InChI is InChI=1S/C21H17NO/c1-22-20-8-4-2-6-17(20)19(18-7-3-5-9-21(18)22)14-15-10-12-16(23)13-11-15/h2-14,23H,1H3. The van der Waals surface area contributed by atoms with E-state index in [1.807, 2.05) is 12.1 Å². The zero-order chi connectivity index (χ0) is 15.8. The van der Waals surface area contributed by atoms with Gasteiger partial charge in [0.15, 0.2) is 0 Å². The van der Waals surface area contributed by atoms with Gasteiger partial charge < -0.3 is 10.0 Å². The fourth-order valence-corrected chi connectivity index (χ4v) is 3.16. The molecule has 1 heterocycles. The summed E-state index contributed by atoms with van der Waals surface area (Å²) in [7, 11) is 2.11. The molecule has 1 N–H and O–H groups in total. The minimum Gasteiger partial charge on any atom is -0.508 e. The molecule has 0 aromatic heterocycles. The summed E-state index contributed by atoms with van der Waals surface area (Å²) >= 11 is 0. The summed E-state index contributed by atoms with van der Waals surface area (Å²) in [6.45, 7) is 0. The predicted molar refractivity (Wildman–Crippen MR) is 96.0 cm³/mol. The third-order valence-electron chi connectivity index (χ3n) is 4.32. The predicted octanol–water partition coefficient (Wildman–Crippen LogP) is 5.06. The van der Waals surface area contributed by atoms with Crippen molar-refractivity contribution < 1.29 is 5.11 Å². The van der Waals surface area contributed by atoms with E-state index in [-0.39, 0.29) is 5.75 Å². The van der Waals surface area contributed by atoms with Gasteiger partial charge in [0, 0.05) is 29.5 Å². The number of para-hydroxylation sites is 2. The number of phenolic OH excluding ortho intramolecular Hbond substituents is 1. The Balaban J connectivity index is 1.96. The zero-order valence-corrected chi connectivity index (χ0v) is 12.9. The maximum absolute atomic E-state index is 9.49. The summed E-state index contributed by atoms with van der Waals surface area (Å²) in [6.07, 6.45) is 2.18. The van der Waals surface area contributed by atoms with Crippen molar-refractivity contribution in [3.8, 4) is 5.75 Å². The molecule has 23 heavy (non-hydrogen) atoms. The van der Waals surface area contributed by atoms with Crippen LogP contribution < -0.4 is 4.90 Å². The summed E-state index contributed by atoms with van der Waals surface area (Å²) in [6, 6.07) is 24.2. The third kappa shape index (κ3) is 2.29. The number of fused-ring (bicyclic) bond motifs is 2. The van der Waals surface area contributed by atoms with Crippen LogP contribution in [0, 0.1) is 0 Å². The summed E-state index contributed by atoms with van der Waals surface area (Å²) in [5, 5.41) is 9.49. The van der Waals surface area contributed by atoms with Crippen LogP contribution in [-0.2, 0) is 0 Å². The molecular weight excluding hydrogens is 282 g/mol. The van der Waals surface area contributed by atoms with Crippen LogP contribution in [0.2, 0.25) is 0 Å². The van der Waals surface area contributed by atoms with E-state index >= 15 is 0 Å². The second-order valence-electron chi connectivity index (χ2n) is 5.74. The number of hydrogen-bond acceptors (Lipinski definition) is 2. The number of hydrogen-bond donors (Lipinski definition) is 1. The number of aromatic hydroxyl groups is 1. The van der Waals surface area contributed by atoms with Crippen LogP contribution in [0.5, 0.6) is 5.75 Å². The van der Waals surface area contributed by atoms with Crippen LogP contribution in [0.4, 0.5) is 11.4 Å². The maximum Gasteiger partial charge on any atom is 0.115 e. The molecule has 0 bridgehead atoms. The monoisotopic (exact) mass is 299 g/mol. The van der Waals surface area contributed by atoms with Gasteiger partial charge in [0.05, 0.1) is 0 Å². The van der Waals surface area contributed by atoms with Crippen LogP contribution in [0.3, 0.4) is 0 Å². The first kappa shape index (κ1) is 13.6. The van der Waals surface area contributed by atoms with Crippen molar-refractivity contribution in [2.75, 3.05) is 11.9 Å². The van der Waals surface area contributed by atoms with Crippen molar-refractivity contribution in [3.63, 3.8) is 0 Å². The molecule has 0 saturated carbocycles. The smallest absolute Gasteiger partial charge is 0.115 e. The van der Waals surface area contributed by atoms with E-state index in [9.17, 15) is 5.11 Å². The van der Waals surface area contributed by atoms with E-state index in [1.54, 1.807) is 12.1 Å². The lowest BCUT2D eigenvalue weighted by molar-refractivity contribution is 0.475. The van der Waals surface area contributed by atoms with Crippen LogP contribution in [0.1, 0.15) is 16.7 Å². The normalized spacial score (nSPS) is 12.6. The lowest BCUT2D eigenvalue weighted by atomic mass is 9.89. The number of phenols is 1. The van der Waals surface area contributed by atoms with E-state index in [0.717, 1.165) is 5.56 Å². The van der Waals surface area contributed by atoms with Gasteiger partial charge in [-0.25, -0.2) is 0 Å². The average Bonchev–Trinajstić information content (AvgIpc) is 2.60. The van der Waals surface area contributed by atoms with Crippen molar-refractivity contribution in [3.05, 3.63) is 89.5 Å². The maximum atomic E-state index is 9.49. The molecule has 3 aromatic rings. The number of anilines is 2. The molecule has 2 nitrogen and oxygen atoms in total. The molecule has 0 saturated heterocycles. The van der Waals surface area contributed by atoms with E-state index in [2.05, 4.69) is 66.6 Å². The van der Waals surface area contributed by atoms with E-state index in [1.165, 1.54) is 28.1 Å². The van der Waals surface area contributed by atoms with Crippen molar-refractivity contribution in [2.45, 2.75) is 0 Å². The quantitative estimate of drug-likeness (QED) is 0.678. The Morgan fingerprint density at radius 3 is 1.83 bits per heavy atom. The second kappa shape index (κ2) is 5.33. The minimum absolute atomic E-state index is 0.288. The topological polar surface area (TPSA) is 23.5 Å². The largest absolute Gasteiger partial charge is 0.508 e. The van der Waals surface area contributed by atoms with Gasteiger partial charge in [0.1, 0.15) is 5.75 Å². The van der Waals surface area contributed by atoms with Gasteiger partial charge in [-0.2, -0.15) is 0 Å². The second-order valence-corrected chi connectivity index (χ2v) is 5.74. The Hall–Kier alpha value is -3.00. The van der Waals surface area contributed by atoms with Gasteiger partial charge in [-0.3, -0.25) is 0 Å². The van der Waals surface area contributed by atoms with E-state index in [0.29, 0.717) is 0 Å². The highest BCUT2D eigenvalue weighted by molar-refractivity contribution is 6.03. The molecule has 0 aliphatic carbocycles. The zero-order valence-electron chi connectivity index (χ0n) is 12.9. The highest BCUT2D eigenvalue weighted by atomic mass is 16.3. The molecule has 0 spiro atoms. The van der Waals surface area contributed by atoms with Gasteiger partial charge in [-0.1, -0.05) is 48.5 Å². The fraction of sp³-hybridized carbons (Fsp3) is 0.0476. The Bertz CT molecular complexity index is 844. The van der Waals surface area contributed by atoms with Crippen LogP contribution in [0.15, 0.2) is 72.8 Å². The van der Waals surface area contributed by atoms with Crippen molar-refractivity contribution >= 4 is 23.0 Å². The molecule has 1 aliphatic rings. The van der Waals surface area contributed by atoms with Crippen molar-refractivity contribution in [1.29, 1.82) is 0 Å². The van der Waals surface area contributed by atoms with Crippen LogP contribution >= 0.6 is 0 Å². The molecule has 0 atom stereocenters. The third-order valence-corrected chi connectivity index (χ3v) is 4.32. The van der Waals surface area contributed by atoms with E-state index < -0.39 is 0 Å². The first-order chi connectivity index (χ1) is 11.2. The Kier molecular flexibility index (Phi) is 3.16. The number of benzene rings is 3. The van der Waals surface area contributed by atoms with Gasteiger partial charge >= 0.3 is 0 Å². The molecule has 0 amide bonds. The lowest BCUT2D eigenvalue weighted by Gasteiger charge is -2.31. The highest BCUT2D eigenvalue weighted by Gasteiger charge is 2.23. The summed E-state index contributed by atoms with van der Waals surface area (Å²) in [5.74, 6) is 0.288. The molecule has 0 fully saturated rings. The van der Waals surface area contributed by atoms with Gasteiger partial charge in [-0.15, -0.1) is 0 Å². The van der Waals surface area contributed by atoms with Gasteiger partial charge in [0.25, 0.3) is 0 Å². The minimum atomic E-state index is 0.288. The van der Waals surface area contributed by atoms with Gasteiger partial charge in [0.2, 0.25) is 0 Å². The number of rotatable bonds is 1. The molecule has 4 rings (SSSR count). The van der Waals surface area contributed by atoms with Crippen molar-refractivity contribution in [1.82, 2.24) is 0 Å². The lowest BCUT2D eigenvalue weighted by Crippen LogP contribution is -2.17. The molecule has 1 aliphatic heterocycles. The molecule has 0 radical (unpaired) electrons. The molecule has 0 unspecified atom stereocenters. The first-order valence-corrected chi connectivity index (χ1v) is 7.67. The summed E-state index contributed by atoms with van der Waals surface area (Å²) in [5.41, 5.74) is 7.14.